The predicted molar refractivity (Wildman–Crippen MR) is 401 cm³/mol. The second-order valence-corrected chi connectivity index (χ2v) is 30.1. The highest BCUT2D eigenvalue weighted by Crippen LogP contribution is 2.50. The maximum Gasteiger partial charge on any atom is 0.330 e. The van der Waals surface area contributed by atoms with Crippen LogP contribution in [0.15, 0.2) is 109 Å². The van der Waals surface area contributed by atoms with Gasteiger partial charge in [0.25, 0.3) is 0 Å². The SMILES string of the molecule is CC(C)C[C@@H](N)C(=O)N[C@H]1C(=O)N[C@@H](CC(N)=O)C(=O)N[C@H]2C(=O)N[C@H]3C(=O)N[C@H](C(=O)N[C@H](C(=O)O)c4cc(O)cc(O)c4-c4cc3ccc4O)[C@H](O)c3ccc(c(Cl)c3)Oc3cc2cc(c3O[C@@H]2O[C@H](CO)[C@@H](O)[C@H](O)[C@H]2O[C@H]2C[C@](C)(NCCCCCCCc3ccccc3)[C@H](O)[C@H](C)O2)Oc2ccc(cc2Cl)[C@H]1O. The van der Waals surface area contributed by atoms with Gasteiger partial charge in [0, 0.05) is 34.7 Å². The molecular formula is C78H91Cl2N9O24. The van der Waals surface area contributed by atoms with E-state index < -0.39 is 231 Å². The number of carboxylic acid groups (broad SMARTS) is 1. The Bertz CT molecular complexity index is 4550. The van der Waals surface area contributed by atoms with Crippen molar-refractivity contribution in [1.29, 1.82) is 0 Å². The summed E-state index contributed by atoms with van der Waals surface area (Å²) in [5.74, 6) is -16.2. The molecule has 13 rings (SSSR count). The Balaban J connectivity index is 1.08. The number of carbonyl (C=O) groups excluding carboxylic acids is 7. The van der Waals surface area contributed by atoms with Gasteiger partial charge in [-0.05, 0) is 134 Å². The number of hydrogen-bond donors (Lipinski definition) is 19. The molecule has 606 valence electrons. The van der Waals surface area contributed by atoms with Crippen LogP contribution in [0.1, 0.15) is 143 Å². The summed E-state index contributed by atoms with van der Waals surface area (Å²) in [4.78, 5) is 117. The van der Waals surface area contributed by atoms with Crippen LogP contribution in [0.25, 0.3) is 11.1 Å². The number of phenolic OH excluding ortho intramolecular Hbond substituents is 3. The van der Waals surface area contributed by atoms with Crippen molar-refractivity contribution in [2.24, 2.45) is 17.4 Å². The fraction of sp³-hybridized carbons (Fsp3) is 0.436. The van der Waals surface area contributed by atoms with Crippen LogP contribution in [0.5, 0.6) is 46.0 Å². The third-order valence-corrected chi connectivity index (χ3v) is 21.0. The number of phenols is 3. The largest absolute Gasteiger partial charge is 0.508 e. The van der Waals surface area contributed by atoms with E-state index >= 15 is 14.4 Å². The second kappa shape index (κ2) is 36.0. The smallest absolute Gasteiger partial charge is 0.330 e. The van der Waals surface area contributed by atoms with Crippen LogP contribution in [0.4, 0.5) is 0 Å². The molecule has 0 radical (unpaired) electrons. The number of amides is 7. The zero-order chi connectivity index (χ0) is 81.6. The molecule has 2 saturated heterocycles. The van der Waals surface area contributed by atoms with Gasteiger partial charge < -0.3 is 128 Å². The summed E-state index contributed by atoms with van der Waals surface area (Å²) in [6.45, 7) is 6.39. The molecule has 6 aromatic rings. The van der Waals surface area contributed by atoms with Crippen molar-refractivity contribution in [2.75, 3.05) is 13.2 Å². The summed E-state index contributed by atoms with van der Waals surface area (Å²) in [6, 6.07) is 9.22. The molecule has 33 nitrogen and oxygen atoms in total. The molecule has 0 aromatic heterocycles. The molecule has 2 fully saturated rings. The van der Waals surface area contributed by atoms with Gasteiger partial charge in [-0.2, -0.15) is 0 Å². The van der Waals surface area contributed by atoms with E-state index in [2.05, 4.69) is 49.4 Å². The number of aliphatic hydroxyl groups is 6. The van der Waals surface area contributed by atoms with Gasteiger partial charge in [0.05, 0.1) is 41.3 Å². The number of hydrogen-bond acceptors (Lipinski definition) is 25. The summed E-state index contributed by atoms with van der Waals surface area (Å²) < 4.78 is 39.4. The average Bonchev–Trinajstić information content (AvgIpc) is 0.767. The molecule has 21 N–H and O–H groups in total. The minimum absolute atomic E-state index is 0.0747. The quantitative estimate of drug-likeness (QED) is 0.0457. The van der Waals surface area contributed by atoms with E-state index in [-0.39, 0.29) is 52.0 Å². The molecule has 0 aliphatic carbocycles. The highest BCUT2D eigenvalue weighted by Gasteiger charge is 2.52. The van der Waals surface area contributed by atoms with Gasteiger partial charge in [0.15, 0.2) is 29.9 Å². The standard InChI is InChI=1S/C78H91Cl2N9O24/c1-34(2)23-46(81)70(100)88-61-63(95)38-17-20-50(44(79)25-38)109-52-27-40-28-53(67(52)113-77-68(66(98)65(97)54(33-90)111-77)112-56-32-78(4,69(99)35(3)108-56)83-22-12-7-5-6-9-13-36-14-10-8-11-15-36)110-51-21-18-39(26-45(51)80)64(96)62-75(105)87-60(76(106)107)43-29-41(91)30-49(93)57(43)42-24-37(16-19-48(42)92)58(72(102)89-62)86-73(103)59(40)85-71(101)47(31-55(82)94)84-74(61)104/h8,10-11,14-21,24-30,34-35,46-47,54,56,58-66,68-69,77,83,90-93,95-99H,5-7,9,12-13,22-23,31-33,81H2,1-4H3,(H2,82,94)(H,84,104)(H,85,101)(H,86,103)(H,87,105)(H,88,100)(H,89,102)(H,106,107)/t35-,46+,47-,54+,56-,58+,59+,60-,61+,62-,63+,64+,65+,66-,68+,69+,77-,78-/m0/s1. The molecule has 6 aromatic carbocycles. The zero-order valence-corrected chi connectivity index (χ0v) is 63.2. The lowest BCUT2D eigenvalue weighted by Crippen LogP contribution is -2.65. The number of unbranched alkanes of at least 4 members (excludes halogenated alkanes) is 4. The molecule has 7 aliphatic heterocycles. The summed E-state index contributed by atoms with van der Waals surface area (Å²) in [6.07, 6.45) is -12.8. The third kappa shape index (κ3) is 19.3. The van der Waals surface area contributed by atoms with E-state index in [1.165, 1.54) is 17.7 Å². The highest BCUT2D eigenvalue weighted by molar-refractivity contribution is 6.32. The molecule has 35 heteroatoms. The second-order valence-electron chi connectivity index (χ2n) is 29.3. The van der Waals surface area contributed by atoms with Crippen molar-refractivity contribution in [3.63, 3.8) is 0 Å². The average molecular weight is 1610 g/mol. The van der Waals surface area contributed by atoms with Crippen molar-refractivity contribution in [2.45, 2.75) is 195 Å². The highest BCUT2D eigenvalue weighted by atomic mass is 35.5. The van der Waals surface area contributed by atoms with Gasteiger partial charge in [-0.1, -0.05) is 105 Å². The first kappa shape index (κ1) is 83.9. The Morgan fingerprint density at radius 1 is 0.673 bits per heavy atom. The van der Waals surface area contributed by atoms with Gasteiger partial charge in [-0.3, -0.25) is 33.6 Å². The number of nitrogens with two attached hydrogens (primary N) is 2. The first-order chi connectivity index (χ1) is 53.7. The number of carboxylic acids is 1. The van der Waals surface area contributed by atoms with Gasteiger partial charge in [0.2, 0.25) is 53.4 Å². The molecular weight excluding hydrogens is 1520 g/mol. The van der Waals surface area contributed by atoms with Crippen LogP contribution in [0.3, 0.4) is 0 Å². The van der Waals surface area contributed by atoms with E-state index in [0.29, 0.717) is 6.54 Å². The molecule has 18 atom stereocenters. The lowest BCUT2D eigenvalue weighted by Gasteiger charge is -2.48. The lowest BCUT2D eigenvalue weighted by molar-refractivity contribution is -0.334. The number of aliphatic carboxylic acids is 1. The summed E-state index contributed by atoms with van der Waals surface area (Å²) in [5.41, 5.74) is 9.32. The van der Waals surface area contributed by atoms with Crippen molar-refractivity contribution in [3.05, 3.63) is 153 Å². The van der Waals surface area contributed by atoms with Crippen molar-refractivity contribution in [3.8, 4) is 57.1 Å². The number of nitrogens with one attached hydrogen (secondary N) is 7. The topological polar surface area (TPSA) is 530 Å². The molecule has 7 heterocycles. The first-order valence-corrected chi connectivity index (χ1v) is 37.5. The number of fused-ring (bicyclic) bond motifs is 15. The van der Waals surface area contributed by atoms with Crippen LogP contribution in [0, 0.1) is 5.92 Å². The fourth-order valence-corrected chi connectivity index (χ4v) is 14.9. The molecule has 0 unspecified atom stereocenters. The van der Waals surface area contributed by atoms with Crippen LogP contribution in [-0.2, 0) is 59.0 Å². The number of rotatable bonds is 21. The number of primary amides is 1. The minimum atomic E-state index is -2.36. The number of aromatic hydroxyl groups is 3. The number of aryl methyl sites for hydroxylation is 1. The number of carbonyl (C=O) groups is 8. The van der Waals surface area contributed by atoms with Crippen LogP contribution < -0.4 is 62.9 Å². The zero-order valence-electron chi connectivity index (χ0n) is 61.7. The minimum Gasteiger partial charge on any atom is -0.508 e. The molecule has 11 bridgehead atoms. The van der Waals surface area contributed by atoms with E-state index in [1.54, 1.807) is 27.7 Å². The van der Waals surface area contributed by atoms with E-state index in [1.807, 2.05) is 18.2 Å². The number of aliphatic hydroxyl groups excluding tert-OH is 6. The summed E-state index contributed by atoms with van der Waals surface area (Å²) >= 11 is 14.2. The third-order valence-electron chi connectivity index (χ3n) is 20.4. The fourth-order valence-electron chi connectivity index (χ4n) is 14.4. The monoisotopic (exact) mass is 1610 g/mol. The van der Waals surface area contributed by atoms with Crippen LogP contribution in [-0.4, -0.2) is 190 Å². The maximum atomic E-state index is 16.2. The Hall–Kier alpha value is -9.98. The predicted octanol–water partition coefficient (Wildman–Crippen LogP) is 3.67. The molecule has 7 aliphatic rings. The molecule has 0 saturated carbocycles. The molecule has 7 amide bonds. The van der Waals surface area contributed by atoms with E-state index in [9.17, 15) is 75.0 Å². The number of ether oxygens (including phenoxy) is 6. The van der Waals surface area contributed by atoms with Gasteiger partial charge >= 0.3 is 5.97 Å². The Labute approximate surface area is 657 Å². The van der Waals surface area contributed by atoms with Gasteiger partial charge in [0.1, 0.15) is 89.5 Å². The van der Waals surface area contributed by atoms with Gasteiger partial charge in [-0.25, -0.2) is 4.79 Å². The van der Waals surface area contributed by atoms with Crippen LogP contribution in [0.2, 0.25) is 10.0 Å². The van der Waals surface area contributed by atoms with Crippen molar-refractivity contribution in [1.82, 2.24) is 37.2 Å². The molecule has 0 spiro atoms. The van der Waals surface area contributed by atoms with E-state index in [0.717, 1.165) is 105 Å². The Morgan fingerprint density at radius 2 is 1.29 bits per heavy atom. The Morgan fingerprint density at radius 3 is 1.93 bits per heavy atom. The first-order valence-electron chi connectivity index (χ1n) is 36.7. The normalized spacial score (nSPS) is 27.5. The van der Waals surface area contributed by atoms with Crippen molar-refractivity contribution >= 4 is 70.5 Å². The summed E-state index contributed by atoms with van der Waals surface area (Å²) in [7, 11) is 0. The van der Waals surface area contributed by atoms with Gasteiger partial charge in [-0.15, -0.1) is 0 Å². The number of halogens is 2. The number of benzene rings is 6. The molecule has 113 heavy (non-hydrogen) atoms. The van der Waals surface area contributed by atoms with E-state index in [4.69, 9.17) is 63.1 Å². The Kier molecular flexibility index (Phi) is 26.8. The van der Waals surface area contributed by atoms with Crippen LogP contribution >= 0.6 is 23.2 Å². The van der Waals surface area contributed by atoms with Crippen molar-refractivity contribution < 1.29 is 118 Å². The maximum absolute atomic E-state index is 16.2. The lowest BCUT2D eigenvalue weighted by atomic mass is 9.84. The summed E-state index contributed by atoms with van der Waals surface area (Å²) in [5, 5.41) is 133.